The van der Waals surface area contributed by atoms with Crippen LogP contribution in [-0.2, 0) is 11.2 Å². The van der Waals surface area contributed by atoms with Gasteiger partial charge in [0.2, 0.25) is 0 Å². The summed E-state index contributed by atoms with van der Waals surface area (Å²) in [6.45, 7) is 3.55. The van der Waals surface area contributed by atoms with E-state index in [1.54, 1.807) is 0 Å². The molecule has 0 aliphatic rings. The molecule has 1 aromatic carbocycles. The summed E-state index contributed by atoms with van der Waals surface area (Å²) in [4.78, 5) is 23.5. The van der Waals surface area contributed by atoms with E-state index in [1.165, 1.54) is 13.0 Å². The number of benzene rings is 1. The zero-order chi connectivity index (χ0) is 15.8. The lowest BCUT2D eigenvalue weighted by Gasteiger charge is -2.10. The van der Waals surface area contributed by atoms with Crippen molar-refractivity contribution in [3.63, 3.8) is 0 Å². The van der Waals surface area contributed by atoms with Crippen LogP contribution in [0.15, 0.2) is 12.1 Å². The summed E-state index contributed by atoms with van der Waals surface area (Å²) in [5, 5.41) is 19.4. The van der Waals surface area contributed by atoms with E-state index < -0.39 is 0 Å². The predicted octanol–water partition coefficient (Wildman–Crippen LogP) is 3.77. The van der Waals surface area contributed by atoms with Gasteiger partial charge in [0.15, 0.2) is 5.78 Å². The minimum absolute atomic E-state index is 0.0405. The van der Waals surface area contributed by atoms with E-state index in [2.05, 4.69) is 6.92 Å². The Morgan fingerprint density at radius 3 is 2.33 bits per heavy atom. The molecule has 21 heavy (non-hydrogen) atoms. The van der Waals surface area contributed by atoms with Crippen molar-refractivity contribution in [1.29, 1.82) is 0 Å². The monoisotopic (exact) mass is 292 g/mol. The molecule has 4 nitrogen and oxygen atoms in total. The summed E-state index contributed by atoms with van der Waals surface area (Å²) in [6.07, 6.45) is 5.57. The molecule has 1 aromatic rings. The van der Waals surface area contributed by atoms with Crippen LogP contribution in [0.2, 0.25) is 0 Å². The third-order valence-electron chi connectivity index (χ3n) is 3.41. The van der Waals surface area contributed by atoms with Crippen LogP contribution in [0, 0.1) is 0 Å². The number of Topliss-reactive ketones (excluding diaryl/α,β-unsaturated/α-hetero) is 2. The van der Waals surface area contributed by atoms with E-state index in [9.17, 15) is 19.8 Å². The highest BCUT2D eigenvalue weighted by Crippen LogP contribution is 2.29. The van der Waals surface area contributed by atoms with Crippen LogP contribution in [-0.4, -0.2) is 21.8 Å². The molecule has 0 aliphatic heterocycles. The third-order valence-corrected chi connectivity index (χ3v) is 3.41. The second kappa shape index (κ2) is 8.45. The molecular formula is C17H24O4. The van der Waals surface area contributed by atoms with Crippen molar-refractivity contribution >= 4 is 11.6 Å². The molecule has 2 N–H and O–H groups in total. The number of phenols is 2. The van der Waals surface area contributed by atoms with Crippen LogP contribution in [0.4, 0.5) is 0 Å². The van der Waals surface area contributed by atoms with Crippen molar-refractivity contribution in [3.8, 4) is 11.5 Å². The summed E-state index contributed by atoms with van der Waals surface area (Å²) < 4.78 is 0. The summed E-state index contributed by atoms with van der Waals surface area (Å²) >= 11 is 0. The number of ketones is 2. The summed E-state index contributed by atoms with van der Waals surface area (Å²) in [6, 6.07) is 2.53. The molecule has 0 radical (unpaired) electrons. The van der Waals surface area contributed by atoms with Crippen LogP contribution in [0.25, 0.3) is 0 Å². The van der Waals surface area contributed by atoms with E-state index >= 15 is 0 Å². The van der Waals surface area contributed by atoms with Crippen LogP contribution in [0.1, 0.15) is 68.3 Å². The molecule has 0 saturated heterocycles. The minimum atomic E-state index is -0.246. The Bertz CT molecular complexity index is 506. The van der Waals surface area contributed by atoms with Crippen molar-refractivity contribution < 1.29 is 19.8 Å². The minimum Gasteiger partial charge on any atom is -0.508 e. The summed E-state index contributed by atoms with van der Waals surface area (Å²) in [7, 11) is 0. The molecule has 0 unspecified atom stereocenters. The van der Waals surface area contributed by atoms with Crippen molar-refractivity contribution in [2.45, 2.75) is 58.8 Å². The standard InChI is InChI=1S/C17H24O4/c1-3-4-5-6-7-8-15(20)17-13(9-12(2)18)10-14(19)11-16(17)21/h10-11,19,21H,3-9H2,1-2H3. The third kappa shape index (κ3) is 5.58. The van der Waals surface area contributed by atoms with Gasteiger partial charge in [-0.25, -0.2) is 0 Å². The largest absolute Gasteiger partial charge is 0.508 e. The van der Waals surface area contributed by atoms with Gasteiger partial charge < -0.3 is 10.2 Å². The lowest BCUT2D eigenvalue weighted by molar-refractivity contribution is -0.116. The Labute approximate surface area is 125 Å². The number of carbonyl (C=O) groups excluding carboxylic acids is 2. The van der Waals surface area contributed by atoms with Gasteiger partial charge in [0.05, 0.1) is 5.56 Å². The topological polar surface area (TPSA) is 74.6 Å². The normalized spacial score (nSPS) is 10.6. The van der Waals surface area contributed by atoms with Crippen LogP contribution in [0.3, 0.4) is 0 Å². The molecule has 0 saturated carbocycles. The van der Waals surface area contributed by atoms with E-state index in [4.69, 9.17) is 0 Å². The molecule has 1 rings (SSSR count). The zero-order valence-electron chi connectivity index (χ0n) is 12.8. The van der Waals surface area contributed by atoms with Gasteiger partial charge in [-0.3, -0.25) is 9.59 Å². The van der Waals surface area contributed by atoms with Gasteiger partial charge in [0, 0.05) is 18.9 Å². The molecule has 0 amide bonds. The SMILES string of the molecule is CCCCCCCC(=O)c1c(O)cc(O)cc1CC(C)=O. The Hall–Kier alpha value is -1.84. The average molecular weight is 292 g/mol. The van der Waals surface area contributed by atoms with Crippen LogP contribution >= 0.6 is 0 Å². The quantitative estimate of drug-likeness (QED) is 0.536. The Balaban J connectivity index is 2.79. The molecule has 0 spiro atoms. The van der Waals surface area contributed by atoms with E-state index in [0.29, 0.717) is 12.0 Å². The first-order chi connectivity index (χ1) is 9.95. The van der Waals surface area contributed by atoms with Gasteiger partial charge in [-0.1, -0.05) is 32.6 Å². The Kier molecular flexibility index (Phi) is 6.92. The molecule has 0 aromatic heterocycles. The van der Waals surface area contributed by atoms with E-state index in [0.717, 1.165) is 38.2 Å². The number of carbonyl (C=O) groups is 2. The second-order valence-corrected chi connectivity index (χ2v) is 5.47. The van der Waals surface area contributed by atoms with E-state index in [-0.39, 0.29) is 35.0 Å². The molecule has 0 fully saturated rings. The average Bonchev–Trinajstić information content (AvgIpc) is 2.36. The number of aromatic hydroxyl groups is 2. The second-order valence-electron chi connectivity index (χ2n) is 5.47. The fourth-order valence-corrected chi connectivity index (χ4v) is 2.41. The van der Waals surface area contributed by atoms with Gasteiger partial charge in [0.1, 0.15) is 17.3 Å². The lowest BCUT2D eigenvalue weighted by Crippen LogP contribution is -2.07. The molecule has 0 atom stereocenters. The predicted molar refractivity (Wildman–Crippen MR) is 81.9 cm³/mol. The van der Waals surface area contributed by atoms with Crippen molar-refractivity contribution in [1.82, 2.24) is 0 Å². The van der Waals surface area contributed by atoms with Gasteiger partial charge in [0.25, 0.3) is 0 Å². The van der Waals surface area contributed by atoms with Crippen molar-refractivity contribution in [3.05, 3.63) is 23.3 Å². The summed E-state index contributed by atoms with van der Waals surface area (Å²) in [5.74, 6) is -0.662. The fraction of sp³-hybridized carbons (Fsp3) is 0.529. The highest BCUT2D eigenvalue weighted by Gasteiger charge is 2.18. The number of rotatable bonds is 9. The fourth-order valence-electron chi connectivity index (χ4n) is 2.41. The van der Waals surface area contributed by atoms with Gasteiger partial charge >= 0.3 is 0 Å². The van der Waals surface area contributed by atoms with Gasteiger partial charge in [-0.15, -0.1) is 0 Å². The molecule has 4 heteroatoms. The number of hydrogen-bond donors (Lipinski definition) is 2. The number of unbranched alkanes of at least 4 members (excludes halogenated alkanes) is 4. The molecule has 0 bridgehead atoms. The number of phenolic OH excluding ortho intramolecular Hbond substituents is 2. The maximum atomic E-state index is 12.3. The van der Waals surface area contributed by atoms with E-state index in [1.807, 2.05) is 0 Å². The first-order valence-electron chi connectivity index (χ1n) is 7.53. The van der Waals surface area contributed by atoms with Crippen molar-refractivity contribution in [2.24, 2.45) is 0 Å². The maximum absolute atomic E-state index is 12.3. The molecular weight excluding hydrogens is 268 g/mol. The zero-order valence-corrected chi connectivity index (χ0v) is 12.8. The molecule has 116 valence electrons. The van der Waals surface area contributed by atoms with Gasteiger partial charge in [-0.2, -0.15) is 0 Å². The van der Waals surface area contributed by atoms with Crippen LogP contribution in [0.5, 0.6) is 11.5 Å². The van der Waals surface area contributed by atoms with Crippen molar-refractivity contribution in [2.75, 3.05) is 0 Å². The Morgan fingerprint density at radius 2 is 1.71 bits per heavy atom. The number of hydrogen-bond acceptors (Lipinski definition) is 4. The smallest absolute Gasteiger partial charge is 0.166 e. The first kappa shape index (κ1) is 17.2. The molecule has 0 aliphatic carbocycles. The first-order valence-corrected chi connectivity index (χ1v) is 7.53. The van der Waals surface area contributed by atoms with Crippen LogP contribution < -0.4 is 0 Å². The highest BCUT2D eigenvalue weighted by atomic mass is 16.3. The summed E-state index contributed by atoms with van der Waals surface area (Å²) in [5.41, 5.74) is 0.581. The van der Waals surface area contributed by atoms with Gasteiger partial charge in [-0.05, 0) is 25.0 Å². The molecule has 0 heterocycles. The Morgan fingerprint density at radius 1 is 1.05 bits per heavy atom. The maximum Gasteiger partial charge on any atom is 0.166 e. The highest BCUT2D eigenvalue weighted by molar-refractivity contribution is 6.01. The lowest BCUT2D eigenvalue weighted by atomic mass is 9.95.